The van der Waals surface area contributed by atoms with Crippen LogP contribution in [0.25, 0.3) is 0 Å². The zero-order chi connectivity index (χ0) is 25.9. The topological polar surface area (TPSA) is 104 Å². The van der Waals surface area contributed by atoms with Gasteiger partial charge in [0.1, 0.15) is 5.82 Å². The first-order valence-corrected chi connectivity index (χ1v) is 12.0. The van der Waals surface area contributed by atoms with E-state index in [4.69, 9.17) is 16.3 Å². The second kappa shape index (κ2) is 11.2. The fourth-order valence-corrected chi connectivity index (χ4v) is 4.89. The third-order valence-electron chi connectivity index (χ3n) is 6.85. The number of hydrogen-bond donors (Lipinski definition) is 3. The Morgan fingerprint density at radius 1 is 1.34 bits per heavy atom. The van der Waals surface area contributed by atoms with E-state index >= 15 is 0 Å². The number of aromatic amines is 1. The summed E-state index contributed by atoms with van der Waals surface area (Å²) in [6.07, 6.45) is 2.77. The van der Waals surface area contributed by atoms with E-state index in [2.05, 4.69) is 34.5 Å². The average Bonchev–Trinajstić information content (AvgIpc) is 2.82. The summed E-state index contributed by atoms with van der Waals surface area (Å²) in [5, 5.41) is 6.24. The van der Waals surface area contributed by atoms with Crippen molar-refractivity contribution in [3.05, 3.63) is 55.2 Å². The smallest absolute Gasteiger partial charge is 0.298 e. The summed E-state index contributed by atoms with van der Waals surface area (Å²) in [6.45, 7) is 7.91. The predicted molar refractivity (Wildman–Crippen MR) is 134 cm³/mol. The number of ether oxygens (including phenoxy) is 1. The number of likely N-dealkylation sites (tertiary alicyclic amines) is 1. The van der Waals surface area contributed by atoms with E-state index in [1.807, 2.05) is 0 Å². The van der Waals surface area contributed by atoms with E-state index in [0.717, 1.165) is 25.8 Å². The highest BCUT2D eigenvalue weighted by molar-refractivity contribution is 6.33. The summed E-state index contributed by atoms with van der Waals surface area (Å²) in [4.78, 5) is 41.3. The Morgan fingerprint density at radius 2 is 2.06 bits per heavy atom. The van der Waals surface area contributed by atoms with Gasteiger partial charge in [-0.3, -0.25) is 14.4 Å². The lowest BCUT2D eigenvalue weighted by atomic mass is 9.95. The van der Waals surface area contributed by atoms with Crippen LogP contribution in [0, 0.1) is 26.6 Å². The number of halogens is 2. The van der Waals surface area contributed by atoms with Gasteiger partial charge in [0.05, 0.1) is 16.4 Å². The number of rotatable bonds is 8. The van der Waals surface area contributed by atoms with Gasteiger partial charge in [-0.2, -0.15) is 0 Å². The molecule has 0 radical (unpaired) electrons. The van der Waals surface area contributed by atoms with Gasteiger partial charge in [-0.25, -0.2) is 4.39 Å². The minimum absolute atomic E-state index is 0.103. The average molecular weight is 507 g/mol. The lowest BCUT2D eigenvalue weighted by molar-refractivity contribution is -0.120. The number of aromatic nitrogens is 1. The summed E-state index contributed by atoms with van der Waals surface area (Å²) in [5.41, 5.74) is 1.31. The number of benzene rings is 1. The number of anilines is 1. The molecule has 2 aromatic rings. The Labute approximate surface area is 209 Å². The first-order valence-electron chi connectivity index (χ1n) is 11.6. The van der Waals surface area contributed by atoms with Crippen LogP contribution in [0.5, 0.6) is 5.75 Å². The zero-order valence-electron chi connectivity index (χ0n) is 20.7. The van der Waals surface area contributed by atoms with Gasteiger partial charge in [0.25, 0.3) is 17.9 Å². The van der Waals surface area contributed by atoms with E-state index in [9.17, 15) is 18.8 Å². The van der Waals surface area contributed by atoms with Crippen molar-refractivity contribution in [1.82, 2.24) is 15.2 Å². The van der Waals surface area contributed by atoms with Crippen LogP contribution in [-0.2, 0) is 11.3 Å². The van der Waals surface area contributed by atoms with E-state index in [1.165, 1.54) is 19.9 Å². The first kappa shape index (κ1) is 26.7. The summed E-state index contributed by atoms with van der Waals surface area (Å²) in [6, 6.07) is 1.94. The van der Waals surface area contributed by atoms with Crippen LogP contribution in [0.2, 0.25) is 5.02 Å². The monoisotopic (exact) mass is 506 g/mol. The third-order valence-corrected chi connectivity index (χ3v) is 7.13. The third kappa shape index (κ3) is 5.67. The molecule has 1 aromatic carbocycles. The molecule has 1 aliphatic heterocycles. The highest BCUT2D eigenvalue weighted by atomic mass is 35.5. The van der Waals surface area contributed by atoms with Gasteiger partial charge >= 0.3 is 0 Å². The second-order valence-corrected chi connectivity index (χ2v) is 9.44. The Balaban J connectivity index is 1.90. The van der Waals surface area contributed by atoms with Crippen LogP contribution >= 0.6 is 11.6 Å². The van der Waals surface area contributed by atoms with Crippen molar-refractivity contribution in [2.75, 3.05) is 18.9 Å². The first-order chi connectivity index (χ1) is 16.6. The van der Waals surface area contributed by atoms with Crippen molar-refractivity contribution < 1.29 is 18.7 Å². The number of pyridine rings is 1. The molecule has 0 bridgehead atoms. The van der Waals surface area contributed by atoms with Gasteiger partial charge < -0.3 is 25.3 Å². The molecular formula is C25H32ClFN4O4. The molecule has 2 heterocycles. The summed E-state index contributed by atoms with van der Waals surface area (Å²) >= 11 is 6.42. The molecule has 10 heteroatoms. The number of nitrogens with zero attached hydrogens (tertiary/aromatic N) is 1. The largest absolute Gasteiger partial charge is 0.425 e. The molecule has 8 nitrogen and oxygen atoms in total. The number of hydrogen-bond acceptors (Lipinski definition) is 6. The SMILES string of the molecule is CCC1CC(Nc2c(C)c(C(=O)NCc3c(C)c(F)c(C)[nH]c3=O)cc(Cl)c2OC=O)CCN1C. The van der Waals surface area contributed by atoms with Crippen LogP contribution in [0.3, 0.4) is 0 Å². The summed E-state index contributed by atoms with van der Waals surface area (Å²) in [5.74, 6) is -0.839. The van der Waals surface area contributed by atoms with Crippen LogP contribution in [0.4, 0.5) is 10.1 Å². The number of piperidine rings is 1. The van der Waals surface area contributed by atoms with Gasteiger partial charge in [0, 0.05) is 36.3 Å². The maximum atomic E-state index is 14.3. The van der Waals surface area contributed by atoms with Crippen molar-refractivity contribution in [2.24, 2.45) is 0 Å². The lowest BCUT2D eigenvalue weighted by Gasteiger charge is -2.37. The minimum Gasteiger partial charge on any atom is -0.425 e. The molecule has 3 N–H and O–H groups in total. The maximum absolute atomic E-state index is 14.3. The second-order valence-electron chi connectivity index (χ2n) is 9.04. The van der Waals surface area contributed by atoms with Crippen LogP contribution in [0.15, 0.2) is 10.9 Å². The molecule has 1 fully saturated rings. The highest BCUT2D eigenvalue weighted by Gasteiger charge is 2.28. The molecule has 2 unspecified atom stereocenters. The molecule has 1 saturated heterocycles. The highest BCUT2D eigenvalue weighted by Crippen LogP contribution is 2.39. The van der Waals surface area contributed by atoms with E-state index in [0.29, 0.717) is 23.8 Å². The Morgan fingerprint density at radius 3 is 2.71 bits per heavy atom. The molecule has 35 heavy (non-hydrogen) atoms. The lowest BCUT2D eigenvalue weighted by Crippen LogP contribution is -2.44. The molecular weight excluding hydrogens is 475 g/mol. The zero-order valence-corrected chi connectivity index (χ0v) is 21.4. The van der Waals surface area contributed by atoms with Gasteiger partial charge in [0.2, 0.25) is 0 Å². The molecule has 3 rings (SSSR count). The normalized spacial score (nSPS) is 18.3. The molecule has 2 atom stereocenters. The number of nitrogens with one attached hydrogen (secondary N) is 3. The van der Waals surface area contributed by atoms with Gasteiger partial charge in [0.15, 0.2) is 5.75 Å². The van der Waals surface area contributed by atoms with Crippen molar-refractivity contribution in [1.29, 1.82) is 0 Å². The Kier molecular flexibility index (Phi) is 8.56. The fraction of sp³-hybridized carbons (Fsp3) is 0.480. The van der Waals surface area contributed by atoms with E-state index in [-0.39, 0.29) is 45.7 Å². The number of carbonyl (C=O) groups excluding carboxylic acids is 2. The molecule has 0 saturated carbocycles. The van der Waals surface area contributed by atoms with Crippen LogP contribution in [0.1, 0.15) is 58.9 Å². The number of aryl methyl sites for hydroxylation is 1. The number of amides is 1. The maximum Gasteiger partial charge on any atom is 0.298 e. The molecule has 190 valence electrons. The van der Waals surface area contributed by atoms with Crippen molar-refractivity contribution in [3.63, 3.8) is 0 Å². The number of carbonyl (C=O) groups is 2. The minimum atomic E-state index is -0.515. The molecule has 1 aliphatic rings. The van der Waals surface area contributed by atoms with Crippen LogP contribution in [-0.4, -0.2) is 47.9 Å². The van der Waals surface area contributed by atoms with Crippen molar-refractivity contribution in [3.8, 4) is 5.75 Å². The Hall–Kier alpha value is -2.91. The Bertz CT molecular complexity index is 1180. The quantitative estimate of drug-likeness (QED) is 0.470. The molecule has 1 amide bonds. The molecule has 0 spiro atoms. The van der Waals surface area contributed by atoms with E-state index < -0.39 is 17.3 Å². The summed E-state index contributed by atoms with van der Waals surface area (Å²) < 4.78 is 19.4. The van der Waals surface area contributed by atoms with Crippen molar-refractivity contribution >= 4 is 29.7 Å². The van der Waals surface area contributed by atoms with E-state index in [1.54, 1.807) is 6.92 Å². The predicted octanol–water partition coefficient (Wildman–Crippen LogP) is 3.84. The van der Waals surface area contributed by atoms with Gasteiger partial charge in [-0.15, -0.1) is 0 Å². The summed E-state index contributed by atoms with van der Waals surface area (Å²) in [7, 11) is 2.10. The van der Waals surface area contributed by atoms with Crippen molar-refractivity contribution in [2.45, 2.75) is 65.6 Å². The molecule has 0 aliphatic carbocycles. The molecule has 1 aromatic heterocycles. The number of H-pyrrole nitrogens is 1. The fourth-order valence-electron chi connectivity index (χ4n) is 4.64. The standard InChI is InChI=1S/C25H32ClFN4O4/c1-6-17-9-16(7-8-31(17)5)30-22-14(3)18(10-20(26)23(22)35-12-32)24(33)28-11-19-13(2)21(27)15(4)29-25(19)34/h10,12,16-17,30H,6-9,11H2,1-5H3,(H,28,33)(H,29,34). The van der Waals surface area contributed by atoms with Crippen LogP contribution < -0.4 is 20.9 Å². The van der Waals surface area contributed by atoms with Gasteiger partial charge in [-0.1, -0.05) is 18.5 Å². The van der Waals surface area contributed by atoms with Gasteiger partial charge in [-0.05, 0) is 64.3 Å².